The van der Waals surface area contributed by atoms with Crippen molar-refractivity contribution in [1.82, 2.24) is 25.5 Å². The Morgan fingerprint density at radius 3 is 2.77 bits per heavy atom. The molecule has 1 saturated heterocycles. The highest BCUT2D eigenvalue weighted by molar-refractivity contribution is 7.99. The Hall–Kier alpha value is -4.56. The fraction of sp³-hybridized carbons (Fsp3) is 0.241. The number of carbonyl (C=O) groups excluding carboxylic acids is 3. The summed E-state index contributed by atoms with van der Waals surface area (Å²) in [6.07, 6.45) is 2.03. The number of para-hydroxylation sites is 1. The van der Waals surface area contributed by atoms with E-state index < -0.39 is 48.8 Å². The molecule has 2 aromatic heterocycles. The Balaban J connectivity index is 1.11. The van der Waals surface area contributed by atoms with Gasteiger partial charge in [-0.3, -0.25) is 19.4 Å². The van der Waals surface area contributed by atoms with Crippen LogP contribution in [0, 0.1) is 5.82 Å². The van der Waals surface area contributed by atoms with Gasteiger partial charge in [-0.2, -0.15) is 8.78 Å². The van der Waals surface area contributed by atoms with Crippen LogP contribution in [0.2, 0.25) is 0 Å². The Morgan fingerprint density at radius 2 is 1.95 bits per heavy atom. The molecule has 2 aliphatic rings. The van der Waals surface area contributed by atoms with E-state index in [-0.39, 0.29) is 30.8 Å². The first-order chi connectivity index (χ1) is 20.7. The third-order valence-electron chi connectivity index (χ3n) is 7.08. The van der Waals surface area contributed by atoms with Gasteiger partial charge in [0.2, 0.25) is 11.8 Å². The highest BCUT2D eigenvalue weighted by atomic mass is 32.2. The van der Waals surface area contributed by atoms with Crippen molar-refractivity contribution < 1.29 is 37.0 Å². The zero-order valence-electron chi connectivity index (χ0n) is 22.3. The van der Waals surface area contributed by atoms with Crippen molar-refractivity contribution in [3.8, 4) is 11.5 Å². The number of alkyl halides is 2. The quantitative estimate of drug-likeness (QED) is 0.240. The maximum atomic E-state index is 14.9. The van der Waals surface area contributed by atoms with Crippen molar-refractivity contribution in [2.75, 3.05) is 13.1 Å². The molecule has 43 heavy (non-hydrogen) atoms. The van der Waals surface area contributed by atoms with Crippen LogP contribution >= 0.6 is 11.8 Å². The number of benzene rings is 2. The summed E-state index contributed by atoms with van der Waals surface area (Å²) in [5, 5.41) is 5.92. The monoisotopic (exact) mass is 611 g/mol. The number of H-pyrrole nitrogens is 1. The van der Waals surface area contributed by atoms with Crippen molar-refractivity contribution in [3.05, 3.63) is 78.0 Å². The molecular formula is C29H24F3N5O5S. The van der Waals surface area contributed by atoms with Crippen LogP contribution in [0.4, 0.5) is 13.2 Å². The van der Waals surface area contributed by atoms with Crippen LogP contribution in [-0.2, 0) is 20.9 Å². The number of rotatable bonds is 8. The van der Waals surface area contributed by atoms with E-state index in [0.29, 0.717) is 16.3 Å². The van der Waals surface area contributed by atoms with Gasteiger partial charge in [0.25, 0.3) is 5.91 Å². The first-order valence-corrected chi connectivity index (χ1v) is 14.1. The topological polar surface area (TPSA) is 126 Å². The summed E-state index contributed by atoms with van der Waals surface area (Å²) in [5.74, 6) is -2.13. The van der Waals surface area contributed by atoms with Crippen molar-refractivity contribution in [3.63, 3.8) is 0 Å². The minimum atomic E-state index is -3.09. The second-order valence-electron chi connectivity index (χ2n) is 9.90. The number of hydrogen-bond donors (Lipinski definition) is 3. The number of hydrogen-bond acceptors (Lipinski definition) is 7. The summed E-state index contributed by atoms with van der Waals surface area (Å²) < 4.78 is 51.2. The molecule has 10 nitrogen and oxygen atoms in total. The van der Waals surface area contributed by atoms with Crippen LogP contribution in [0.25, 0.3) is 10.9 Å². The molecule has 0 unspecified atom stereocenters. The summed E-state index contributed by atoms with van der Waals surface area (Å²) >= 11 is 1.30. The lowest BCUT2D eigenvalue weighted by Gasteiger charge is -2.24. The number of aromatic amines is 1. The predicted octanol–water partition coefficient (Wildman–Crippen LogP) is 4.21. The predicted molar refractivity (Wildman–Crippen MR) is 148 cm³/mol. The lowest BCUT2D eigenvalue weighted by molar-refractivity contribution is -0.160. The Kier molecular flexibility index (Phi) is 7.95. The van der Waals surface area contributed by atoms with Gasteiger partial charge in [-0.15, -0.1) is 0 Å². The van der Waals surface area contributed by atoms with Gasteiger partial charge in [0, 0.05) is 42.0 Å². The average molecular weight is 612 g/mol. The molecule has 14 heteroatoms. The molecule has 2 atom stereocenters. The van der Waals surface area contributed by atoms with Gasteiger partial charge in [-0.25, -0.2) is 4.39 Å². The maximum Gasteiger partial charge on any atom is 0.345 e. The second kappa shape index (κ2) is 12.0. The summed E-state index contributed by atoms with van der Waals surface area (Å²) in [6.45, 7) is -3.89. The highest BCUT2D eigenvalue weighted by Crippen LogP contribution is 2.47. The molecule has 3 amide bonds. The van der Waals surface area contributed by atoms with Crippen LogP contribution in [-0.4, -0.2) is 64.4 Å². The van der Waals surface area contributed by atoms with E-state index in [1.165, 1.54) is 23.9 Å². The van der Waals surface area contributed by atoms with E-state index in [0.717, 1.165) is 20.7 Å². The fourth-order valence-corrected chi connectivity index (χ4v) is 6.03. The van der Waals surface area contributed by atoms with Gasteiger partial charge >= 0.3 is 6.61 Å². The SMILES string of the molecule is O=C(NCC(=O)N1C[C@H](OC(F)F)C[C@H]1C(=O)NCc1cc2cnccc2[nH]1)c1cc2c(cc1F)Sc1ccccc1O2. The largest absolute Gasteiger partial charge is 0.455 e. The molecule has 0 bridgehead atoms. The molecule has 0 radical (unpaired) electrons. The van der Waals surface area contributed by atoms with E-state index in [9.17, 15) is 27.6 Å². The normalized spacial score (nSPS) is 17.3. The number of nitrogens with one attached hydrogen (secondary N) is 3. The van der Waals surface area contributed by atoms with Gasteiger partial charge in [0.1, 0.15) is 23.4 Å². The van der Waals surface area contributed by atoms with Gasteiger partial charge in [0.05, 0.1) is 34.5 Å². The molecule has 0 saturated carbocycles. The van der Waals surface area contributed by atoms with Crippen LogP contribution in [0.1, 0.15) is 22.5 Å². The molecule has 4 aromatic rings. The average Bonchev–Trinajstić information content (AvgIpc) is 3.61. The molecule has 6 rings (SSSR count). The van der Waals surface area contributed by atoms with E-state index >= 15 is 0 Å². The number of nitrogens with zero attached hydrogens (tertiary/aromatic N) is 2. The number of aromatic nitrogens is 2. The first kappa shape index (κ1) is 28.6. The van der Waals surface area contributed by atoms with E-state index in [1.54, 1.807) is 36.7 Å². The van der Waals surface area contributed by atoms with Gasteiger partial charge < -0.3 is 30.0 Å². The molecule has 4 heterocycles. The summed E-state index contributed by atoms with van der Waals surface area (Å²) in [6, 6.07) is 12.1. The smallest absolute Gasteiger partial charge is 0.345 e. The molecule has 2 aliphatic heterocycles. The van der Waals surface area contributed by atoms with Crippen molar-refractivity contribution >= 4 is 40.4 Å². The van der Waals surface area contributed by atoms with Gasteiger partial charge in [-0.05, 0) is 36.4 Å². The van der Waals surface area contributed by atoms with Gasteiger partial charge in [-0.1, -0.05) is 23.9 Å². The molecular weight excluding hydrogens is 587 g/mol. The third kappa shape index (κ3) is 6.15. The Morgan fingerprint density at radius 1 is 1.12 bits per heavy atom. The number of ether oxygens (including phenoxy) is 2. The summed E-state index contributed by atoms with van der Waals surface area (Å²) in [5.41, 5.74) is 1.16. The van der Waals surface area contributed by atoms with Gasteiger partial charge in [0.15, 0.2) is 0 Å². The second-order valence-corrected chi connectivity index (χ2v) is 11.0. The zero-order chi connectivity index (χ0) is 30.1. The van der Waals surface area contributed by atoms with Crippen molar-refractivity contribution in [2.45, 2.75) is 41.5 Å². The maximum absolute atomic E-state index is 14.9. The van der Waals surface area contributed by atoms with Crippen LogP contribution in [0.3, 0.4) is 0 Å². The van der Waals surface area contributed by atoms with Crippen molar-refractivity contribution in [1.29, 1.82) is 0 Å². The molecule has 2 aromatic carbocycles. The first-order valence-electron chi connectivity index (χ1n) is 13.2. The Bertz CT molecular complexity index is 1680. The number of carbonyl (C=O) groups is 3. The van der Waals surface area contributed by atoms with E-state index in [4.69, 9.17) is 4.74 Å². The fourth-order valence-electron chi connectivity index (χ4n) is 5.07. The Labute approximate surface area is 246 Å². The van der Waals surface area contributed by atoms with Crippen molar-refractivity contribution in [2.24, 2.45) is 0 Å². The summed E-state index contributed by atoms with van der Waals surface area (Å²) in [7, 11) is 0. The molecule has 1 fully saturated rings. The van der Waals surface area contributed by atoms with Crippen LogP contribution in [0.15, 0.2) is 70.7 Å². The molecule has 3 N–H and O–H groups in total. The zero-order valence-corrected chi connectivity index (χ0v) is 23.1. The minimum Gasteiger partial charge on any atom is -0.455 e. The standard InChI is InChI=1S/C29H24F3N5O5S/c30-19-10-25-23(42-22-3-1-2-4-24(22)43-25)9-18(19)27(39)35-13-26(38)37-14-17(41-29(31)32)8-21(37)28(40)34-12-16-7-15-11-33-6-5-20(15)36-16/h1-7,9-11,17,21,29,36H,8,12-14H2,(H,34,40)(H,35,39)/t17-,21+/m1/s1. The lowest BCUT2D eigenvalue weighted by Crippen LogP contribution is -2.49. The lowest BCUT2D eigenvalue weighted by atomic mass is 10.1. The third-order valence-corrected chi connectivity index (χ3v) is 8.17. The summed E-state index contributed by atoms with van der Waals surface area (Å²) in [4.78, 5) is 48.6. The number of amides is 3. The molecule has 0 aliphatic carbocycles. The molecule has 222 valence electrons. The number of likely N-dealkylation sites (tertiary alicyclic amines) is 1. The number of halogens is 3. The number of pyridine rings is 1. The minimum absolute atomic E-state index is 0.0889. The highest BCUT2D eigenvalue weighted by Gasteiger charge is 2.41. The molecule has 0 spiro atoms. The van der Waals surface area contributed by atoms with Crippen LogP contribution in [0.5, 0.6) is 11.5 Å². The van der Waals surface area contributed by atoms with Crippen LogP contribution < -0.4 is 15.4 Å². The number of fused-ring (bicyclic) bond motifs is 3. The van der Waals surface area contributed by atoms with E-state index in [1.807, 2.05) is 12.1 Å². The van der Waals surface area contributed by atoms with E-state index in [2.05, 4.69) is 25.3 Å².